The molecule has 0 fully saturated rings. The van der Waals surface area contributed by atoms with Gasteiger partial charge in [-0.1, -0.05) is 6.92 Å². The standard InChI is InChI=1S/C17H17N5S3/c1-3-7-24-17-13(18)12-10(14-19-4-6-22(14)2)9-11(21-16(12)25-17)15-20-5-8-23-15/h4-6,8-9H,3,7,18H2,1-2H3. The molecule has 0 radical (unpaired) electrons. The number of hydrogen-bond donors (Lipinski definition) is 1. The predicted molar refractivity (Wildman–Crippen MR) is 108 cm³/mol. The maximum absolute atomic E-state index is 6.51. The Morgan fingerprint density at radius 1 is 1.28 bits per heavy atom. The molecule has 4 rings (SSSR count). The number of hydrogen-bond acceptors (Lipinski definition) is 7. The minimum absolute atomic E-state index is 0.814. The fraction of sp³-hybridized carbons (Fsp3) is 0.235. The van der Waals surface area contributed by atoms with Crippen LogP contribution >= 0.6 is 34.4 Å². The van der Waals surface area contributed by atoms with Gasteiger partial charge in [-0.2, -0.15) is 0 Å². The highest BCUT2D eigenvalue weighted by molar-refractivity contribution is 8.01. The van der Waals surface area contributed by atoms with Gasteiger partial charge in [0.05, 0.1) is 9.90 Å². The Balaban J connectivity index is 1.99. The number of anilines is 1. The Kier molecular flexibility index (Phi) is 4.49. The Morgan fingerprint density at radius 2 is 2.16 bits per heavy atom. The van der Waals surface area contributed by atoms with Crippen LogP contribution in [-0.4, -0.2) is 25.3 Å². The van der Waals surface area contributed by atoms with Crippen LogP contribution < -0.4 is 5.73 Å². The monoisotopic (exact) mass is 387 g/mol. The van der Waals surface area contributed by atoms with Gasteiger partial charge in [0, 0.05) is 42.0 Å². The van der Waals surface area contributed by atoms with Crippen molar-refractivity contribution in [1.29, 1.82) is 0 Å². The van der Waals surface area contributed by atoms with E-state index in [0.717, 1.165) is 54.4 Å². The molecule has 0 spiro atoms. The summed E-state index contributed by atoms with van der Waals surface area (Å²) in [7, 11) is 1.99. The lowest BCUT2D eigenvalue weighted by Crippen LogP contribution is -1.96. The highest BCUT2D eigenvalue weighted by Crippen LogP contribution is 2.44. The van der Waals surface area contributed by atoms with Crippen molar-refractivity contribution >= 4 is 50.3 Å². The molecule has 4 heterocycles. The van der Waals surface area contributed by atoms with Gasteiger partial charge >= 0.3 is 0 Å². The number of fused-ring (bicyclic) bond motifs is 1. The van der Waals surface area contributed by atoms with Crippen LogP contribution in [0.5, 0.6) is 0 Å². The number of thiazole rings is 1. The summed E-state index contributed by atoms with van der Waals surface area (Å²) in [5, 5.41) is 3.87. The first kappa shape index (κ1) is 16.6. The van der Waals surface area contributed by atoms with Gasteiger partial charge in [0.25, 0.3) is 0 Å². The zero-order chi connectivity index (χ0) is 17.4. The summed E-state index contributed by atoms with van der Waals surface area (Å²) < 4.78 is 3.15. The maximum atomic E-state index is 6.51. The molecule has 0 aliphatic carbocycles. The lowest BCUT2D eigenvalue weighted by Gasteiger charge is -2.07. The van der Waals surface area contributed by atoms with Crippen molar-refractivity contribution in [1.82, 2.24) is 19.5 Å². The van der Waals surface area contributed by atoms with Crippen LogP contribution in [0.3, 0.4) is 0 Å². The first-order chi connectivity index (χ1) is 12.2. The SMILES string of the molecule is CCCSc1sc2nc(-c3nccs3)cc(-c3nccn3C)c2c1N. The van der Waals surface area contributed by atoms with Crippen LogP contribution in [0.4, 0.5) is 5.69 Å². The van der Waals surface area contributed by atoms with E-state index in [4.69, 9.17) is 10.7 Å². The van der Waals surface area contributed by atoms with Crippen molar-refractivity contribution in [2.24, 2.45) is 7.05 Å². The fourth-order valence-corrected chi connectivity index (χ4v) is 5.48. The molecule has 5 nitrogen and oxygen atoms in total. The average Bonchev–Trinajstić information content (AvgIpc) is 3.33. The summed E-state index contributed by atoms with van der Waals surface area (Å²) in [6, 6.07) is 2.06. The summed E-state index contributed by atoms with van der Waals surface area (Å²) in [6.45, 7) is 2.18. The Bertz CT molecular complexity index is 1020. The van der Waals surface area contributed by atoms with Crippen molar-refractivity contribution in [3.63, 3.8) is 0 Å². The number of aromatic nitrogens is 4. The second kappa shape index (κ2) is 6.78. The third-order valence-electron chi connectivity index (χ3n) is 3.82. The Labute approximate surface area is 158 Å². The molecule has 4 aromatic rings. The Morgan fingerprint density at radius 3 is 2.84 bits per heavy atom. The van der Waals surface area contributed by atoms with E-state index in [1.54, 1.807) is 46.8 Å². The second-order valence-corrected chi connectivity index (χ2v) is 8.84. The maximum Gasteiger partial charge on any atom is 0.141 e. The van der Waals surface area contributed by atoms with Crippen molar-refractivity contribution in [3.05, 3.63) is 30.0 Å². The molecule has 128 valence electrons. The molecule has 0 atom stereocenters. The molecule has 0 saturated carbocycles. The number of rotatable bonds is 5. The van der Waals surface area contributed by atoms with Crippen molar-refractivity contribution < 1.29 is 0 Å². The minimum atomic E-state index is 0.814. The molecule has 0 unspecified atom stereocenters. The third-order valence-corrected chi connectivity index (χ3v) is 7.20. The van der Waals surface area contributed by atoms with Crippen molar-refractivity contribution in [3.8, 4) is 22.1 Å². The zero-order valence-electron chi connectivity index (χ0n) is 13.9. The topological polar surface area (TPSA) is 69.6 Å². The Hall–Kier alpha value is -1.90. The molecule has 0 aromatic carbocycles. The summed E-state index contributed by atoms with van der Waals surface area (Å²) >= 11 is 5.05. The largest absolute Gasteiger partial charge is 0.397 e. The summed E-state index contributed by atoms with van der Waals surface area (Å²) in [4.78, 5) is 14.7. The van der Waals surface area contributed by atoms with E-state index in [-0.39, 0.29) is 0 Å². The smallest absolute Gasteiger partial charge is 0.141 e. The number of nitrogens with zero attached hydrogens (tertiary/aromatic N) is 4. The molecule has 0 aliphatic rings. The quantitative estimate of drug-likeness (QED) is 0.493. The van der Waals surface area contributed by atoms with Crippen LogP contribution in [0.1, 0.15) is 13.3 Å². The van der Waals surface area contributed by atoms with E-state index in [1.807, 2.05) is 23.2 Å². The lowest BCUT2D eigenvalue weighted by molar-refractivity contribution is 0.926. The van der Waals surface area contributed by atoms with E-state index in [1.165, 1.54) is 0 Å². The molecular weight excluding hydrogens is 370 g/mol. The molecule has 0 saturated heterocycles. The van der Waals surface area contributed by atoms with Crippen LogP contribution in [0.2, 0.25) is 0 Å². The zero-order valence-corrected chi connectivity index (χ0v) is 16.3. The molecule has 0 aliphatic heterocycles. The van der Waals surface area contributed by atoms with Crippen LogP contribution in [-0.2, 0) is 7.05 Å². The van der Waals surface area contributed by atoms with Gasteiger partial charge in [0.2, 0.25) is 0 Å². The lowest BCUT2D eigenvalue weighted by atomic mass is 10.1. The van der Waals surface area contributed by atoms with E-state index in [0.29, 0.717) is 0 Å². The van der Waals surface area contributed by atoms with Crippen molar-refractivity contribution in [2.45, 2.75) is 17.6 Å². The second-order valence-electron chi connectivity index (χ2n) is 5.59. The molecular formula is C17H17N5S3. The number of thioether (sulfide) groups is 1. The molecule has 0 bridgehead atoms. The van der Waals surface area contributed by atoms with Gasteiger partial charge in [-0.05, 0) is 18.2 Å². The van der Waals surface area contributed by atoms with Crippen LogP contribution in [0.25, 0.3) is 32.3 Å². The van der Waals surface area contributed by atoms with E-state index >= 15 is 0 Å². The molecule has 2 N–H and O–H groups in total. The number of imidazole rings is 1. The van der Waals surface area contributed by atoms with E-state index < -0.39 is 0 Å². The first-order valence-electron chi connectivity index (χ1n) is 7.92. The van der Waals surface area contributed by atoms with E-state index in [9.17, 15) is 0 Å². The summed E-state index contributed by atoms with van der Waals surface area (Å²) in [5.41, 5.74) is 9.20. The highest BCUT2D eigenvalue weighted by Gasteiger charge is 2.20. The number of nitrogen functional groups attached to an aromatic ring is 1. The normalized spacial score (nSPS) is 11.4. The van der Waals surface area contributed by atoms with Crippen molar-refractivity contribution in [2.75, 3.05) is 11.5 Å². The van der Waals surface area contributed by atoms with Gasteiger partial charge in [-0.25, -0.2) is 15.0 Å². The average molecular weight is 388 g/mol. The van der Waals surface area contributed by atoms with Gasteiger partial charge in [-0.15, -0.1) is 34.4 Å². The van der Waals surface area contributed by atoms with E-state index in [2.05, 4.69) is 23.0 Å². The van der Waals surface area contributed by atoms with Gasteiger partial charge in [-0.3, -0.25) is 0 Å². The minimum Gasteiger partial charge on any atom is -0.397 e. The number of pyridine rings is 1. The summed E-state index contributed by atoms with van der Waals surface area (Å²) in [6.07, 6.45) is 6.67. The summed E-state index contributed by atoms with van der Waals surface area (Å²) in [5.74, 6) is 1.94. The van der Waals surface area contributed by atoms with Gasteiger partial charge in [0.1, 0.15) is 21.4 Å². The number of aryl methyl sites for hydroxylation is 1. The number of thiophene rings is 1. The number of nitrogens with two attached hydrogens (primary N) is 1. The first-order valence-corrected chi connectivity index (χ1v) is 10.6. The highest BCUT2D eigenvalue weighted by atomic mass is 32.2. The molecule has 25 heavy (non-hydrogen) atoms. The molecule has 4 aromatic heterocycles. The fourth-order valence-electron chi connectivity index (χ4n) is 2.66. The predicted octanol–water partition coefficient (Wildman–Crippen LogP) is 4.90. The van der Waals surface area contributed by atoms with Crippen LogP contribution in [0, 0.1) is 0 Å². The molecule has 0 amide bonds. The van der Waals surface area contributed by atoms with Crippen LogP contribution in [0.15, 0.2) is 34.2 Å². The molecule has 8 heteroatoms. The van der Waals surface area contributed by atoms with Gasteiger partial charge < -0.3 is 10.3 Å². The van der Waals surface area contributed by atoms with Gasteiger partial charge in [0.15, 0.2) is 0 Å². The third kappa shape index (κ3) is 2.94.